The molecule has 2 N–H and O–H groups in total. The third-order valence-corrected chi connectivity index (χ3v) is 5.14. The summed E-state index contributed by atoms with van der Waals surface area (Å²) in [4.78, 5) is 20.5. The van der Waals surface area contributed by atoms with Gasteiger partial charge in [0.15, 0.2) is 5.75 Å². The number of sulfonamides is 1. The lowest BCUT2D eigenvalue weighted by atomic mass is 10.2. The Bertz CT molecular complexity index is 701. The van der Waals surface area contributed by atoms with E-state index >= 15 is 0 Å². The first-order valence-electron chi connectivity index (χ1n) is 5.97. The Labute approximate surface area is 119 Å². The van der Waals surface area contributed by atoms with Crippen LogP contribution < -0.4 is 0 Å². The fourth-order valence-electron chi connectivity index (χ4n) is 2.22. The highest BCUT2D eigenvalue weighted by atomic mass is 32.2. The van der Waals surface area contributed by atoms with Gasteiger partial charge in [0, 0.05) is 12.6 Å². The van der Waals surface area contributed by atoms with E-state index in [0.29, 0.717) is 6.42 Å². The first kappa shape index (κ1) is 15.2. The van der Waals surface area contributed by atoms with Crippen LogP contribution in [0.25, 0.3) is 0 Å². The summed E-state index contributed by atoms with van der Waals surface area (Å²) in [5.74, 6) is -1.92. The number of nitro groups is 1. The summed E-state index contributed by atoms with van der Waals surface area (Å²) in [6, 6.07) is 1.45. The van der Waals surface area contributed by atoms with Crippen LogP contribution in [0.15, 0.2) is 23.1 Å². The zero-order chi connectivity index (χ0) is 15.8. The largest absolute Gasteiger partial charge is 0.502 e. The summed E-state index contributed by atoms with van der Waals surface area (Å²) in [5.41, 5.74) is -0.748. The van der Waals surface area contributed by atoms with E-state index in [-0.39, 0.29) is 13.0 Å². The molecule has 1 aromatic carbocycles. The van der Waals surface area contributed by atoms with Crippen molar-refractivity contribution in [3.63, 3.8) is 0 Å². The van der Waals surface area contributed by atoms with Gasteiger partial charge < -0.3 is 10.2 Å². The van der Waals surface area contributed by atoms with Crippen molar-refractivity contribution in [3.05, 3.63) is 28.3 Å². The van der Waals surface area contributed by atoms with E-state index in [1.165, 1.54) is 0 Å². The highest BCUT2D eigenvalue weighted by molar-refractivity contribution is 7.89. The number of phenols is 1. The monoisotopic (exact) mass is 316 g/mol. The molecule has 0 saturated carbocycles. The molecule has 0 bridgehead atoms. The molecule has 1 unspecified atom stereocenters. The fourth-order valence-corrected chi connectivity index (χ4v) is 3.89. The zero-order valence-electron chi connectivity index (χ0n) is 10.7. The topological polar surface area (TPSA) is 138 Å². The molecule has 1 aromatic rings. The second kappa shape index (κ2) is 5.30. The molecule has 1 atom stereocenters. The molecule has 114 valence electrons. The maximum atomic E-state index is 12.4. The number of benzene rings is 1. The molecule has 1 saturated heterocycles. The SMILES string of the molecule is O=C(O)C1CCCN1S(=O)(=O)c1ccc(O)c([N+](=O)[O-])c1. The van der Waals surface area contributed by atoms with Crippen LogP contribution in [0.3, 0.4) is 0 Å². The summed E-state index contributed by atoms with van der Waals surface area (Å²) in [6.07, 6.45) is 0.588. The molecule has 21 heavy (non-hydrogen) atoms. The normalized spacial score (nSPS) is 19.5. The number of hydrogen-bond acceptors (Lipinski definition) is 6. The van der Waals surface area contributed by atoms with Crippen molar-refractivity contribution >= 4 is 21.7 Å². The van der Waals surface area contributed by atoms with Gasteiger partial charge in [0.1, 0.15) is 6.04 Å². The molecular formula is C11H12N2O7S. The third-order valence-electron chi connectivity index (χ3n) is 3.24. The van der Waals surface area contributed by atoms with Crippen molar-refractivity contribution in [2.24, 2.45) is 0 Å². The van der Waals surface area contributed by atoms with Gasteiger partial charge in [0.25, 0.3) is 0 Å². The lowest BCUT2D eigenvalue weighted by Gasteiger charge is -2.20. The summed E-state index contributed by atoms with van der Waals surface area (Å²) in [7, 11) is -4.17. The maximum absolute atomic E-state index is 12.4. The number of nitro benzene ring substituents is 1. The van der Waals surface area contributed by atoms with E-state index in [1.54, 1.807) is 0 Å². The number of carbonyl (C=O) groups is 1. The Morgan fingerprint density at radius 2 is 2.10 bits per heavy atom. The average Bonchev–Trinajstić information content (AvgIpc) is 2.88. The lowest BCUT2D eigenvalue weighted by Crippen LogP contribution is -2.40. The van der Waals surface area contributed by atoms with Gasteiger partial charge in [-0.15, -0.1) is 0 Å². The zero-order valence-corrected chi connectivity index (χ0v) is 11.5. The van der Waals surface area contributed by atoms with Crippen LogP contribution in [0.5, 0.6) is 5.75 Å². The molecule has 1 heterocycles. The van der Waals surface area contributed by atoms with E-state index in [0.717, 1.165) is 22.5 Å². The third kappa shape index (κ3) is 2.67. The van der Waals surface area contributed by atoms with Crippen LogP contribution >= 0.6 is 0 Å². The van der Waals surface area contributed by atoms with Crippen LogP contribution in [-0.2, 0) is 14.8 Å². The highest BCUT2D eigenvalue weighted by Crippen LogP contribution is 2.32. The highest BCUT2D eigenvalue weighted by Gasteiger charge is 2.40. The van der Waals surface area contributed by atoms with E-state index in [2.05, 4.69) is 0 Å². The molecule has 2 rings (SSSR count). The molecule has 0 spiro atoms. The number of nitrogens with zero attached hydrogens (tertiary/aromatic N) is 2. The van der Waals surface area contributed by atoms with Crippen molar-refractivity contribution in [1.82, 2.24) is 4.31 Å². The maximum Gasteiger partial charge on any atom is 0.322 e. The number of aliphatic carboxylic acids is 1. The van der Waals surface area contributed by atoms with Crippen molar-refractivity contribution in [3.8, 4) is 5.75 Å². The van der Waals surface area contributed by atoms with Crippen molar-refractivity contribution in [2.45, 2.75) is 23.8 Å². The second-order valence-corrected chi connectivity index (χ2v) is 6.41. The second-order valence-electron chi connectivity index (χ2n) is 4.52. The van der Waals surface area contributed by atoms with E-state index in [1.807, 2.05) is 0 Å². The molecule has 0 aromatic heterocycles. The molecular weight excluding hydrogens is 304 g/mol. The summed E-state index contributed by atoms with van der Waals surface area (Å²) >= 11 is 0. The molecule has 1 aliphatic rings. The molecule has 0 amide bonds. The molecule has 9 nitrogen and oxygen atoms in total. The standard InChI is InChI=1S/C11H12N2O7S/c14-10-4-3-7(6-9(10)13(17)18)21(19,20)12-5-1-2-8(12)11(15)16/h3-4,6,8,14H,1-2,5H2,(H,15,16). The Balaban J connectivity index is 2.47. The summed E-state index contributed by atoms with van der Waals surface area (Å²) in [5, 5.41) is 29.1. The molecule has 0 aliphatic carbocycles. The number of phenolic OH excluding ortho intramolecular Hbond substituents is 1. The van der Waals surface area contributed by atoms with Crippen LogP contribution in [0.1, 0.15) is 12.8 Å². The number of aromatic hydroxyl groups is 1. The van der Waals surface area contributed by atoms with Gasteiger partial charge in [-0.3, -0.25) is 14.9 Å². The average molecular weight is 316 g/mol. The quantitative estimate of drug-likeness (QED) is 0.610. The number of hydrogen-bond donors (Lipinski definition) is 2. The minimum atomic E-state index is -4.17. The van der Waals surface area contributed by atoms with E-state index < -0.39 is 43.3 Å². The minimum absolute atomic E-state index is 0.0357. The van der Waals surface area contributed by atoms with Crippen LogP contribution in [-0.4, -0.2) is 46.4 Å². The van der Waals surface area contributed by atoms with Gasteiger partial charge in [0.05, 0.1) is 9.82 Å². The summed E-state index contributed by atoms with van der Waals surface area (Å²) in [6.45, 7) is 0.0357. The Morgan fingerprint density at radius 3 is 2.67 bits per heavy atom. The predicted molar refractivity (Wildman–Crippen MR) is 69.3 cm³/mol. The van der Waals surface area contributed by atoms with Gasteiger partial charge in [-0.25, -0.2) is 8.42 Å². The lowest BCUT2D eigenvalue weighted by molar-refractivity contribution is -0.386. The van der Waals surface area contributed by atoms with Crippen molar-refractivity contribution in [1.29, 1.82) is 0 Å². The molecule has 1 aliphatic heterocycles. The van der Waals surface area contributed by atoms with E-state index in [4.69, 9.17) is 5.11 Å². The Hall–Kier alpha value is -2.20. The van der Waals surface area contributed by atoms with Crippen molar-refractivity contribution < 1.29 is 28.3 Å². The van der Waals surface area contributed by atoms with Gasteiger partial charge in [0.2, 0.25) is 10.0 Å². The number of rotatable bonds is 4. The van der Waals surface area contributed by atoms with Gasteiger partial charge in [-0.05, 0) is 25.0 Å². The molecule has 10 heteroatoms. The number of carboxylic acid groups (broad SMARTS) is 1. The Morgan fingerprint density at radius 1 is 1.43 bits per heavy atom. The molecule has 1 fully saturated rings. The molecule has 0 radical (unpaired) electrons. The first-order valence-corrected chi connectivity index (χ1v) is 7.41. The number of carboxylic acids is 1. The van der Waals surface area contributed by atoms with Crippen LogP contribution in [0, 0.1) is 10.1 Å². The smallest absolute Gasteiger partial charge is 0.322 e. The minimum Gasteiger partial charge on any atom is -0.502 e. The van der Waals surface area contributed by atoms with Gasteiger partial charge >= 0.3 is 11.7 Å². The fraction of sp³-hybridized carbons (Fsp3) is 0.364. The Kier molecular flexibility index (Phi) is 3.83. The van der Waals surface area contributed by atoms with Gasteiger partial charge in [-0.2, -0.15) is 4.31 Å². The van der Waals surface area contributed by atoms with Crippen LogP contribution in [0.4, 0.5) is 5.69 Å². The van der Waals surface area contributed by atoms with Gasteiger partial charge in [-0.1, -0.05) is 0 Å². The predicted octanol–water partition coefficient (Wildman–Crippen LogP) is 0.538. The summed E-state index contributed by atoms with van der Waals surface area (Å²) < 4.78 is 25.6. The van der Waals surface area contributed by atoms with Crippen molar-refractivity contribution in [2.75, 3.05) is 6.54 Å². The van der Waals surface area contributed by atoms with E-state index in [9.17, 15) is 28.4 Å². The first-order chi connectivity index (χ1) is 9.75. The van der Waals surface area contributed by atoms with Crippen LogP contribution in [0.2, 0.25) is 0 Å².